The van der Waals surface area contributed by atoms with E-state index in [1.807, 2.05) is 17.0 Å². The molecule has 0 N–H and O–H groups in total. The number of piperazine rings is 1. The van der Waals surface area contributed by atoms with Crippen LogP contribution in [0.25, 0.3) is 0 Å². The van der Waals surface area contributed by atoms with E-state index in [0.29, 0.717) is 26.2 Å². The monoisotopic (exact) mass is 367 g/mol. The van der Waals surface area contributed by atoms with Crippen molar-refractivity contribution in [3.8, 4) is 0 Å². The lowest BCUT2D eigenvalue weighted by Gasteiger charge is -2.34. The quantitative estimate of drug-likeness (QED) is 0.806. The Morgan fingerprint density at radius 3 is 2.48 bits per heavy atom. The zero-order valence-electron chi connectivity index (χ0n) is 10.9. The van der Waals surface area contributed by atoms with Crippen LogP contribution in [0.15, 0.2) is 22.8 Å². The second-order valence-electron chi connectivity index (χ2n) is 4.48. The maximum absolute atomic E-state index is 12.0. The summed E-state index contributed by atoms with van der Waals surface area (Å²) in [6.45, 7) is 0.0364. The van der Waals surface area contributed by atoms with Gasteiger partial charge >= 0.3 is 12.3 Å². The van der Waals surface area contributed by atoms with Gasteiger partial charge < -0.3 is 14.5 Å². The Labute approximate surface area is 127 Å². The van der Waals surface area contributed by atoms with Crippen LogP contribution in [0.5, 0.6) is 0 Å². The van der Waals surface area contributed by atoms with E-state index in [1.165, 1.54) is 4.90 Å². The summed E-state index contributed by atoms with van der Waals surface area (Å²) in [7, 11) is 0. The van der Waals surface area contributed by atoms with E-state index in [9.17, 15) is 18.0 Å². The van der Waals surface area contributed by atoms with Gasteiger partial charge in [-0.15, -0.1) is 0 Å². The van der Waals surface area contributed by atoms with Crippen molar-refractivity contribution in [2.24, 2.45) is 0 Å². The summed E-state index contributed by atoms with van der Waals surface area (Å²) in [5.74, 6) is 0.765. The second kappa shape index (κ2) is 6.50. The fourth-order valence-electron chi connectivity index (χ4n) is 1.91. The van der Waals surface area contributed by atoms with Gasteiger partial charge in [-0.3, -0.25) is 0 Å². The Kier molecular flexibility index (Phi) is 4.92. The zero-order valence-corrected chi connectivity index (χ0v) is 12.5. The highest BCUT2D eigenvalue weighted by molar-refractivity contribution is 9.10. The molecule has 1 aliphatic heterocycles. The van der Waals surface area contributed by atoms with Crippen LogP contribution in [-0.2, 0) is 4.74 Å². The van der Waals surface area contributed by atoms with Gasteiger partial charge in [0.05, 0.1) is 0 Å². The predicted molar refractivity (Wildman–Crippen MR) is 73.1 cm³/mol. The van der Waals surface area contributed by atoms with Gasteiger partial charge in [0.2, 0.25) is 0 Å². The number of carbonyl (C=O) groups is 1. The Hall–Kier alpha value is -1.51. The van der Waals surface area contributed by atoms with Crippen molar-refractivity contribution < 1.29 is 22.7 Å². The Bertz CT molecular complexity index is 488. The minimum atomic E-state index is -4.50. The van der Waals surface area contributed by atoms with E-state index in [4.69, 9.17) is 0 Å². The topological polar surface area (TPSA) is 45.7 Å². The third kappa shape index (κ3) is 4.76. The molecule has 1 fully saturated rings. The molecule has 2 rings (SSSR count). The first-order valence-electron chi connectivity index (χ1n) is 6.20. The van der Waals surface area contributed by atoms with Gasteiger partial charge in [-0.25, -0.2) is 9.78 Å². The highest BCUT2D eigenvalue weighted by Crippen LogP contribution is 2.18. The number of rotatable bonds is 2. The summed E-state index contributed by atoms with van der Waals surface area (Å²) < 4.78 is 41.0. The molecule has 0 aromatic carbocycles. The van der Waals surface area contributed by atoms with Crippen molar-refractivity contribution in [3.63, 3.8) is 0 Å². The molecule has 1 amide bonds. The zero-order chi connectivity index (χ0) is 15.5. The summed E-state index contributed by atoms with van der Waals surface area (Å²) in [6.07, 6.45) is -3.77. The standard InChI is InChI=1S/C12H13BrF3N3O2/c13-9-1-2-10(17-7-9)18-3-5-19(6-4-18)11(20)21-8-12(14,15)16/h1-2,7H,3-6,8H2. The average molecular weight is 368 g/mol. The van der Waals surface area contributed by atoms with Gasteiger partial charge in [0.25, 0.3) is 0 Å². The van der Waals surface area contributed by atoms with Crippen LogP contribution >= 0.6 is 15.9 Å². The van der Waals surface area contributed by atoms with Crippen LogP contribution in [0.3, 0.4) is 0 Å². The molecular formula is C12H13BrF3N3O2. The van der Waals surface area contributed by atoms with Gasteiger partial charge in [-0.1, -0.05) is 0 Å². The Morgan fingerprint density at radius 1 is 1.29 bits per heavy atom. The number of aromatic nitrogens is 1. The minimum Gasteiger partial charge on any atom is -0.440 e. The second-order valence-corrected chi connectivity index (χ2v) is 5.39. The number of anilines is 1. The maximum atomic E-state index is 12.0. The first-order valence-corrected chi connectivity index (χ1v) is 6.99. The van der Waals surface area contributed by atoms with Gasteiger partial charge in [0.1, 0.15) is 5.82 Å². The smallest absolute Gasteiger partial charge is 0.422 e. The molecular weight excluding hydrogens is 355 g/mol. The van der Waals surface area contributed by atoms with E-state index >= 15 is 0 Å². The van der Waals surface area contributed by atoms with E-state index in [-0.39, 0.29) is 0 Å². The van der Waals surface area contributed by atoms with Gasteiger partial charge in [0.15, 0.2) is 6.61 Å². The van der Waals surface area contributed by atoms with Crippen LogP contribution in [0.2, 0.25) is 0 Å². The van der Waals surface area contributed by atoms with Gasteiger partial charge in [0, 0.05) is 36.8 Å². The first-order chi connectivity index (χ1) is 9.85. The van der Waals surface area contributed by atoms with Crippen molar-refractivity contribution in [2.75, 3.05) is 37.7 Å². The van der Waals surface area contributed by atoms with Gasteiger partial charge in [-0.2, -0.15) is 13.2 Å². The van der Waals surface area contributed by atoms with E-state index in [1.54, 1.807) is 6.20 Å². The normalized spacial score (nSPS) is 16.0. The van der Waals surface area contributed by atoms with Gasteiger partial charge in [-0.05, 0) is 28.1 Å². The molecule has 0 unspecified atom stereocenters. The molecule has 0 atom stereocenters. The fraction of sp³-hybridized carbons (Fsp3) is 0.500. The Morgan fingerprint density at radius 2 is 1.95 bits per heavy atom. The summed E-state index contributed by atoms with van der Waals surface area (Å²) in [4.78, 5) is 19.0. The molecule has 0 radical (unpaired) electrons. The van der Waals surface area contributed by atoms with Crippen molar-refractivity contribution in [3.05, 3.63) is 22.8 Å². The van der Waals surface area contributed by atoms with Crippen molar-refractivity contribution >= 4 is 27.8 Å². The van der Waals surface area contributed by atoms with E-state index < -0.39 is 18.9 Å². The number of hydrogen-bond donors (Lipinski definition) is 0. The molecule has 1 aromatic rings. The first kappa shape index (κ1) is 15.9. The van der Waals surface area contributed by atoms with Crippen LogP contribution in [0.1, 0.15) is 0 Å². The average Bonchev–Trinajstić information content (AvgIpc) is 2.45. The largest absolute Gasteiger partial charge is 0.440 e. The van der Waals surface area contributed by atoms with Crippen LogP contribution in [0, 0.1) is 0 Å². The molecule has 1 aromatic heterocycles. The molecule has 9 heteroatoms. The van der Waals surface area contributed by atoms with Crippen molar-refractivity contribution in [1.29, 1.82) is 0 Å². The molecule has 116 valence electrons. The summed E-state index contributed by atoms with van der Waals surface area (Å²) >= 11 is 3.29. The van der Waals surface area contributed by atoms with Crippen molar-refractivity contribution in [1.82, 2.24) is 9.88 Å². The van der Waals surface area contributed by atoms with Crippen LogP contribution in [-0.4, -0.2) is 54.9 Å². The molecule has 5 nitrogen and oxygen atoms in total. The summed E-state index contributed by atoms with van der Waals surface area (Å²) in [5, 5.41) is 0. The highest BCUT2D eigenvalue weighted by Gasteiger charge is 2.31. The van der Waals surface area contributed by atoms with Crippen molar-refractivity contribution in [2.45, 2.75) is 6.18 Å². The molecule has 0 spiro atoms. The number of ether oxygens (including phenoxy) is 1. The lowest BCUT2D eigenvalue weighted by Crippen LogP contribution is -2.49. The van der Waals surface area contributed by atoms with Crippen LogP contribution < -0.4 is 4.90 Å². The Balaban J connectivity index is 1.82. The molecule has 2 heterocycles. The highest BCUT2D eigenvalue weighted by atomic mass is 79.9. The number of halogens is 4. The van der Waals surface area contributed by atoms with E-state index in [2.05, 4.69) is 25.7 Å². The minimum absolute atomic E-state index is 0.300. The van der Waals surface area contributed by atoms with E-state index in [0.717, 1.165) is 10.3 Å². The maximum Gasteiger partial charge on any atom is 0.422 e. The SMILES string of the molecule is O=C(OCC(F)(F)F)N1CCN(c2ccc(Br)cn2)CC1. The molecule has 0 aliphatic carbocycles. The number of nitrogens with zero attached hydrogens (tertiary/aromatic N) is 3. The molecule has 1 saturated heterocycles. The summed E-state index contributed by atoms with van der Waals surface area (Å²) in [6, 6.07) is 3.69. The number of alkyl halides is 3. The number of carbonyl (C=O) groups excluding carboxylic acids is 1. The lowest BCUT2D eigenvalue weighted by molar-refractivity contribution is -0.162. The predicted octanol–water partition coefficient (Wildman–Crippen LogP) is 2.67. The number of pyridine rings is 1. The lowest BCUT2D eigenvalue weighted by atomic mass is 10.3. The molecule has 0 saturated carbocycles. The molecule has 0 bridgehead atoms. The van der Waals surface area contributed by atoms with Crippen LogP contribution in [0.4, 0.5) is 23.8 Å². The molecule has 1 aliphatic rings. The fourth-order valence-corrected chi connectivity index (χ4v) is 2.14. The third-order valence-electron chi connectivity index (χ3n) is 2.93. The number of hydrogen-bond acceptors (Lipinski definition) is 4. The third-order valence-corrected chi connectivity index (χ3v) is 3.40. The number of amides is 1. The summed E-state index contributed by atoms with van der Waals surface area (Å²) in [5.41, 5.74) is 0. The molecule has 21 heavy (non-hydrogen) atoms.